The van der Waals surface area contributed by atoms with Gasteiger partial charge in [-0.05, 0) is 122 Å². The zero-order valence-electron chi connectivity index (χ0n) is 37.4. The molecule has 5 aliphatic rings. The first-order valence-corrected chi connectivity index (χ1v) is 24.6. The van der Waals surface area contributed by atoms with E-state index < -0.39 is 35.4 Å². The topological polar surface area (TPSA) is 145 Å². The van der Waals surface area contributed by atoms with Gasteiger partial charge in [0.2, 0.25) is 12.4 Å². The first-order chi connectivity index (χ1) is 33.3. The van der Waals surface area contributed by atoms with E-state index in [0.717, 1.165) is 68.2 Å². The molecule has 1 saturated carbocycles. The molecule has 4 aromatic carbocycles. The number of nitrogens with zero attached hydrogens (tertiary/aromatic N) is 4. The number of carbonyl (C=O) groups is 3. The molecule has 1 N–H and O–H groups in total. The summed E-state index contributed by atoms with van der Waals surface area (Å²) in [5.74, 6) is -2.17. The van der Waals surface area contributed by atoms with E-state index in [1.54, 1.807) is 29.2 Å². The van der Waals surface area contributed by atoms with Gasteiger partial charge in [-0.1, -0.05) is 71.7 Å². The molecule has 10 rings (SSSR count). The van der Waals surface area contributed by atoms with Gasteiger partial charge in [-0.25, -0.2) is 4.79 Å². The van der Waals surface area contributed by atoms with E-state index in [0.29, 0.717) is 27.6 Å². The van der Waals surface area contributed by atoms with Crippen molar-refractivity contribution in [3.63, 3.8) is 0 Å². The number of carbonyl (C=O) groups excluding carboxylic acids is 3. The van der Waals surface area contributed by atoms with Gasteiger partial charge in [0, 0.05) is 46.3 Å². The van der Waals surface area contributed by atoms with Crippen molar-refractivity contribution in [1.29, 1.82) is 0 Å². The summed E-state index contributed by atoms with van der Waals surface area (Å²) in [5.41, 5.74) is 3.05. The molecule has 0 unspecified atom stereocenters. The number of piperidine rings is 3. The second kappa shape index (κ2) is 21.0. The Kier molecular flexibility index (Phi) is 14.7. The van der Waals surface area contributed by atoms with E-state index in [1.165, 1.54) is 35.5 Å². The number of alkyl halides is 2. The highest BCUT2D eigenvalue weighted by Gasteiger charge is 2.53. The molecule has 0 spiro atoms. The van der Waals surface area contributed by atoms with Crippen LogP contribution in [0, 0.1) is 11.8 Å². The van der Waals surface area contributed by atoms with Crippen molar-refractivity contribution in [2.45, 2.75) is 68.8 Å². The summed E-state index contributed by atoms with van der Waals surface area (Å²) in [6.07, 6.45) is 5.56. The average molecular weight is 1000 g/mol. The van der Waals surface area contributed by atoms with Crippen molar-refractivity contribution in [2.24, 2.45) is 11.8 Å². The molecule has 4 saturated heterocycles. The molecule has 5 aromatic rings. The molecule has 1 aromatic heterocycles. The molecule has 18 heteroatoms. The molecule has 69 heavy (non-hydrogen) atoms. The minimum Gasteiger partial charge on any atom is -0.547 e. The predicted molar refractivity (Wildman–Crippen MR) is 252 cm³/mol. The SMILES string of the molecule is O=C(O[C@H]1CN2CCC1CC2)N(Cc1cccc(OCc2ccc(C(=O)N3CCS[C@]3(C(=O)[O-])[C@@H](Cc3c(Cl)c[n+](O)cc3Cl)c3ccc(OC(F)F)c(OCC4CC4)c3)cc2)c1)c1ccccc1. The lowest BCUT2D eigenvalue weighted by Crippen LogP contribution is -2.60. The third-order valence-electron chi connectivity index (χ3n) is 13.3. The zero-order chi connectivity index (χ0) is 48.2. The van der Waals surface area contributed by atoms with Crippen molar-refractivity contribution < 1.29 is 57.2 Å². The van der Waals surface area contributed by atoms with Gasteiger partial charge >= 0.3 is 12.7 Å². The van der Waals surface area contributed by atoms with Gasteiger partial charge in [0.15, 0.2) is 11.5 Å². The van der Waals surface area contributed by atoms with Gasteiger partial charge in [0.05, 0.1) is 19.1 Å². The third kappa shape index (κ3) is 11.0. The first-order valence-electron chi connectivity index (χ1n) is 22.9. The van der Waals surface area contributed by atoms with Crippen molar-refractivity contribution >= 4 is 58.6 Å². The van der Waals surface area contributed by atoms with Crippen LogP contribution in [0.5, 0.6) is 17.2 Å². The normalized spacial score (nSPS) is 21.2. The van der Waals surface area contributed by atoms with E-state index in [4.69, 9.17) is 42.1 Å². The maximum absolute atomic E-state index is 14.6. The van der Waals surface area contributed by atoms with E-state index in [2.05, 4.69) is 4.90 Å². The standard InChI is InChI=1S/C51H50Cl2F2N4O9S/c52-42-27-57(64)28-43(53)40(42)25-41(37-15-16-44(67-49(54)55)45(24-37)66-31-32-9-10-32)51(48(61)62)59(21-22-69-51)47(60)36-13-11-33(12-14-36)30-65-39-8-4-5-34(23-39)26-58(38-6-2-1-3-7-38)50(63)68-46-29-56-19-17-35(46)18-20-56/h1-8,11-16,23-24,27-28,32,35,41,46,49H,9-10,17-22,25-26,29-31H2,(H-,61,62,64)/t41-,46-,51-/m0/s1. The minimum absolute atomic E-state index is 0.0178. The van der Waals surface area contributed by atoms with E-state index in [-0.39, 0.29) is 83.2 Å². The van der Waals surface area contributed by atoms with Crippen LogP contribution in [0.1, 0.15) is 64.2 Å². The van der Waals surface area contributed by atoms with Crippen LogP contribution in [-0.4, -0.2) is 89.1 Å². The van der Waals surface area contributed by atoms with Crippen LogP contribution < -0.4 is 28.9 Å². The van der Waals surface area contributed by atoms with Crippen LogP contribution in [0.4, 0.5) is 19.3 Å². The molecule has 2 bridgehead atoms. The van der Waals surface area contributed by atoms with E-state index >= 15 is 0 Å². The van der Waals surface area contributed by atoms with Crippen molar-refractivity contribution in [3.8, 4) is 17.2 Å². The van der Waals surface area contributed by atoms with Crippen molar-refractivity contribution in [1.82, 2.24) is 9.80 Å². The molecule has 5 fully saturated rings. The van der Waals surface area contributed by atoms with Crippen LogP contribution >= 0.6 is 35.0 Å². The fourth-order valence-electron chi connectivity index (χ4n) is 9.44. The maximum atomic E-state index is 14.6. The number of carboxylic acids is 1. The Hall–Kier alpha value is -5.81. The number of ether oxygens (including phenoxy) is 4. The number of carboxylic acid groups (broad SMARTS) is 1. The summed E-state index contributed by atoms with van der Waals surface area (Å²) in [4.78, 5) is 45.3. The lowest BCUT2D eigenvalue weighted by atomic mass is 9.83. The number of benzene rings is 4. The van der Waals surface area contributed by atoms with Gasteiger partial charge in [-0.3, -0.25) is 19.8 Å². The van der Waals surface area contributed by atoms with E-state index in [9.17, 15) is 33.5 Å². The number of amides is 2. The van der Waals surface area contributed by atoms with Crippen LogP contribution in [0.25, 0.3) is 0 Å². The van der Waals surface area contributed by atoms with Gasteiger partial charge in [-0.15, -0.1) is 11.8 Å². The number of fused-ring (bicyclic) bond motifs is 3. The number of anilines is 1. The third-order valence-corrected chi connectivity index (χ3v) is 15.4. The van der Waals surface area contributed by atoms with E-state index in [1.807, 2.05) is 54.6 Å². The molecule has 362 valence electrons. The highest BCUT2D eigenvalue weighted by Crippen LogP contribution is 2.51. The zero-order valence-corrected chi connectivity index (χ0v) is 39.7. The number of hydrogen-bond acceptors (Lipinski definition) is 11. The monoisotopic (exact) mass is 1000 g/mol. The number of aromatic nitrogens is 1. The Labute approximate surface area is 412 Å². The van der Waals surface area contributed by atoms with Crippen molar-refractivity contribution in [3.05, 3.63) is 147 Å². The summed E-state index contributed by atoms with van der Waals surface area (Å²) in [7, 11) is 0. The molecule has 3 atom stereocenters. The number of para-hydroxylation sites is 1. The quantitative estimate of drug-likeness (QED) is 0.0668. The number of rotatable bonds is 18. The lowest BCUT2D eigenvalue weighted by molar-refractivity contribution is -0.904. The minimum atomic E-state index is -3.15. The molecular weight excluding hydrogens is 954 g/mol. The number of aliphatic carboxylic acids is 1. The Morgan fingerprint density at radius 3 is 2.28 bits per heavy atom. The summed E-state index contributed by atoms with van der Waals surface area (Å²) in [6, 6.07) is 27.7. The highest BCUT2D eigenvalue weighted by molar-refractivity contribution is 8.01. The fraction of sp³-hybridized carbons (Fsp3) is 0.373. The number of thioether (sulfide) groups is 1. The number of halogens is 4. The molecule has 13 nitrogen and oxygen atoms in total. The largest absolute Gasteiger partial charge is 0.547 e. The van der Waals surface area contributed by atoms with Gasteiger partial charge in [0.1, 0.15) is 33.4 Å². The van der Waals surface area contributed by atoms with Crippen molar-refractivity contribution in [2.75, 3.05) is 43.4 Å². The first kappa shape index (κ1) is 48.2. The second-order valence-electron chi connectivity index (χ2n) is 17.8. The van der Waals surface area contributed by atoms with Crippen LogP contribution in [0.3, 0.4) is 0 Å². The van der Waals surface area contributed by atoms with Crippen LogP contribution in [0.2, 0.25) is 10.0 Å². The summed E-state index contributed by atoms with van der Waals surface area (Å²) in [6.45, 7) is 0.329. The average Bonchev–Trinajstić information content (AvgIpc) is 4.07. The number of hydrogen-bond donors (Lipinski definition) is 1. The van der Waals surface area contributed by atoms with Gasteiger partial charge < -0.3 is 33.7 Å². The summed E-state index contributed by atoms with van der Waals surface area (Å²) in [5, 5.41) is 23.9. The van der Waals surface area contributed by atoms with Gasteiger partial charge in [0.25, 0.3) is 5.91 Å². The Balaban J connectivity index is 0.931. The Morgan fingerprint density at radius 2 is 1.61 bits per heavy atom. The molecule has 1 aliphatic carbocycles. The molecular formula is C51H50Cl2F2N4O9S. The van der Waals surface area contributed by atoms with Crippen LogP contribution in [-0.2, 0) is 29.1 Å². The fourth-order valence-corrected chi connectivity index (χ4v) is 11.5. The molecule has 4 aliphatic heterocycles. The van der Waals surface area contributed by atoms with Gasteiger partial charge in [-0.2, -0.15) is 8.78 Å². The summed E-state index contributed by atoms with van der Waals surface area (Å²) < 4.78 is 50.9. The van der Waals surface area contributed by atoms with Crippen LogP contribution in [0.15, 0.2) is 109 Å². The highest BCUT2D eigenvalue weighted by atomic mass is 35.5. The summed E-state index contributed by atoms with van der Waals surface area (Å²) >= 11 is 14.2. The lowest BCUT2D eigenvalue weighted by Gasteiger charge is -2.44. The maximum Gasteiger partial charge on any atom is 0.414 e. The molecule has 2 amide bonds. The Morgan fingerprint density at radius 1 is 0.870 bits per heavy atom. The predicted octanol–water partition coefficient (Wildman–Crippen LogP) is 8.39. The smallest absolute Gasteiger partial charge is 0.414 e. The second-order valence-corrected chi connectivity index (χ2v) is 19.9. The molecule has 0 radical (unpaired) electrons. The molecule has 5 heterocycles. The number of pyridine rings is 1. The Bertz CT molecular complexity index is 2640.